The van der Waals surface area contributed by atoms with E-state index >= 15 is 0 Å². The number of para-hydroxylation sites is 1. The van der Waals surface area contributed by atoms with Gasteiger partial charge in [0, 0.05) is 5.69 Å². The summed E-state index contributed by atoms with van der Waals surface area (Å²) in [5, 5.41) is 0. The minimum atomic E-state index is 0. The van der Waals surface area contributed by atoms with Gasteiger partial charge in [-0.15, -0.1) is 5.69 Å². The monoisotopic (exact) mass is 224 g/mol. The zero-order valence-electron chi connectivity index (χ0n) is 5.64. The van der Waals surface area contributed by atoms with E-state index in [1.165, 1.54) is 0 Å². The molecule has 1 radical (unpaired) electrons. The summed E-state index contributed by atoms with van der Waals surface area (Å²) in [5.41, 5.74) is 14.7. The zero-order valence-corrected chi connectivity index (χ0v) is 7.28. The van der Waals surface area contributed by atoms with Crippen LogP contribution in [-0.2, 0) is 19.5 Å². The normalized spacial score (nSPS) is 8.50. The number of rotatable bonds is 0. The number of aryl methyl sites for hydroxylation is 1. The Morgan fingerprint density at radius 1 is 1.40 bits per heavy atom. The van der Waals surface area contributed by atoms with Gasteiger partial charge in [-0.3, -0.25) is 0 Å². The molecular formula is C7H9N2Rh+. The predicted octanol–water partition coefficient (Wildman–Crippen LogP) is 2.26. The van der Waals surface area contributed by atoms with E-state index in [4.69, 9.17) is 11.5 Å². The first-order chi connectivity index (χ1) is 4.22. The van der Waals surface area contributed by atoms with Crippen LogP contribution < -0.4 is 5.73 Å². The van der Waals surface area contributed by atoms with E-state index in [-0.39, 0.29) is 19.5 Å². The Bertz CT molecular complexity index is 203. The van der Waals surface area contributed by atoms with Crippen molar-refractivity contribution in [2.45, 2.75) is 6.92 Å². The number of hydrogen-bond donors (Lipinski definition) is 1. The summed E-state index contributed by atoms with van der Waals surface area (Å²) in [5.74, 6) is 0. The summed E-state index contributed by atoms with van der Waals surface area (Å²) >= 11 is 0. The van der Waals surface area contributed by atoms with Crippen molar-refractivity contribution in [2.24, 2.45) is 0 Å². The van der Waals surface area contributed by atoms with Crippen LogP contribution in [0.2, 0.25) is 0 Å². The van der Waals surface area contributed by atoms with Crippen molar-refractivity contribution >= 4 is 11.4 Å². The summed E-state index contributed by atoms with van der Waals surface area (Å²) in [7, 11) is 0. The molecule has 3 heteroatoms. The first kappa shape index (κ1) is 9.44. The molecule has 0 aromatic heterocycles. The van der Waals surface area contributed by atoms with Gasteiger partial charge in [0.2, 0.25) is 0 Å². The van der Waals surface area contributed by atoms with E-state index in [2.05, 4.69) is 0 Å². The first-order valence-corrected chi connectivity index (χ1v) is 2.78. The molecule has 0 unspecified atom stereocenters. The van der Waals surface area contributed by atoms with E-state index in [1.54, 1.807) is 6.07 Å². The smallest absolute Gasteiger partial charge is 0.697 e. The standard InChI is InChI=1S/C7H9N2.Rh/c1-5-3-2-4-6(8)7(5)9;/h2-4,8H,9H2,1H3;/q-1;+2. The van der Waals surface area contributed by atoms with Gasteiger partial charge in [0.15, 0.2) is 0 Å². The Hall–Kier alpha value is -0.557. The van der Waals surface area contributed by atoms with E-state index in [0.717, 1.165) is 5.56 Å². The van der Waals surface area contributed by atoms with Gasteiger partial charge in [-0.1, -0.05) is 18.2 Å². The molecule has 0 aliphatic heterocycles. The van der Waals surface area contributed by atoms with E-state index in [9.17, 15) is 0 Å². The number of nitrogens with one attached hydrogen (secondary N) is 1. The fourth-order valence-corrected chi connectivity index (χ4v) is 0.681. The van der Waals surface area contributed by atoms with Crippen molar-refractivity contribution in [2.75, 3.05) is 5.73 Å². The number of nitrogens with two attached hydrogens (primary N) is 1. The van der Waals surface area contributed by atoms with Gasteiger partial charge in [0.05, 0.1) is 0 Å². The van der Waals surface area contributed by atoms with Gasteiger partial charge in [-0.25, -0.2) is 0 Å². The minimum absolute atomic E-state index is 0. The fourth-order valence-electron chi connectivity index (χ4n) is 0.681. The zero-order chi connectivity index (χ0) is 6.85. The van der Waals surface area contributed by atoms with Gasteiger partial charge >= 0.3 is 19.5 Å². The molecule has 3 N–H and O–H groups in total. The summed E-state index contributed by atoms with van der Waals surface area (Å²) in [6.45, 7) is 1.90. The van der Waals surface area contributed by atoms with E-state index < -0.39 is 0 Å². The maximum Gasteiger partial charge on any atom is 2.00 e. The van der Waals surface area contributed by atoms with Crippen LogP contribution in [0.15, 0.2) is 18.2 Å². The van der Waals surface area contributed by atoms with Crippen LogP contribution in [0.3, 0.4) is 0 Å². The Morgan fingerprint density at radius 3 is 2.40 bits per heavy atom. The number of nitrogen functional groups attached to an aromatic ring is 1. The van der Waals surface area contributed by atoms with Crippen molar-refractivity contribution in [3.05, 3.63) is 29.5 Å². The molecule has 10 heavy (non-hydrogen) atoms. The second kappa shape index (κ2) is 3.57. The molecule has 0 fully saturated rings. The first-order valence-electron chi connectivity index (χ1n) is 2.78. The number of anilines is 1. The summed E-state index contributed by atoms with van der Waals surface area (Å²) < 4.78 is 0. The molecule has 0 aliphatic rings. The van der Waals surface area contributed by atoms with Crippen LogP contribution in [0.25, 0.3) is 5.73 Å². The SMILES string of the molecule is Cc1cccc([NH-])c1N.[Rh+2]. The molecule has 0 saturated heterocycles. The van der Waals surface area contributed by atoms with Crippen LogP contribution >= 0.6 is 0 Å². The summed E-state index contributed by atoms with van der Waals surface area (Å²) in [6.07, 6.45) is 0. The molecule has 55 valence electrons. The van der Waals surface area contributed by atoms with Crippen molar-refractivity contribution in [1.29, 1.82) is 0 Å². The van der Waals surface area contributed by atoms with Gasteiger partial charge in [0.25, 0.3) is 0 Å². The predicted molar refractivity (Wildman–Crippen MR) is 39.6 cm³/mol. The van der Waals surface area contributed by atoms with Crippen molar-refractivity contribution < 1.29 is 19.5 Å². The maximum absolute atomic E-state index is 7.24. The van der Waals surface area contributed by atoms with Crippen LogP contribution in [0.1, 0.15) is 5.56 Å². The van der Waals surface area contributed by atoms with Crippen LogP contribution in [0, 0.1) is 6.92 Å². The van der Waals surface area contributed by atoms with Gasteiger partial charge in [0.1, 0.15) is 0 Å². The van der Waals surface area contributed by atoms with Crippen LogP contribution in [-0.4, -0.2) is 0 Å². The second-order valence-electron chi connectivity index (χ2n) is 2.04. The third kappa shape index (κ3) is 1.71. The molecule has 0 aliphatic carbocycles. The van der Waals surface area contributed by atoms with Crippen molar-refractivity contribution in [3.8, 4) is 0 Å². The molecular weight excluding hydrogens is 215 g/mol. The third-order valence-corrected chi connectivity index (χ3v) is 1.32. The van der Waals surface area contributed by atoms with Crippen molar-refractivity contribution in [1.82, 2.24) is 0 Å². The van der Waals surface area contributed by atoms with Gasteiger partial charge in [-0.2, -0.15) is 0 Å². The Balaban J connectivity index is 0.000000810. The molecule has 1 aromatic carbocycles. The largest absolute Gasteiger partial charge is 2.00 e. The van der Waals surface area contributed by atoms with Crippen LogP contribution in [0.4, 0.5) is 11.4 Å². The Morgan fingerprint density at radius 2 is 2.00 bits per heavy atom. The average Bonchev–Trinajstić information content (AvgIpc) is 1.83. The third-order valence-electron chi connectivity index (χ3n) is 1.32. The van der Waals surface area contributed by atoms with Crippen LogP contribution in [0.5, 0.6) is 0 Å². The number of hydrogen-bond acceptors (Lipinski definition) is 1. The van der Waals surface area contributed by atoms with E-state index in [0.29, 0.717) is 11.4 Å². The molecule has 1 aromatic rings. The molecule has 0 atom stereocenters. The molecule has 0 saturated carbocycles. The topological polar surface area (TPSA) is 49.8 Å². The number of benzene rings is 1. The Labute approximate surface area is 73.4 Å². The summed E-state index contributed by atoms with van der Waals surface area (Å²) in [6, 6.07) is 5.41. The van der Waals surface area contributed by atoms with Gasteiger partial charge < -0.3 is 11.5 Å². The molecule has 0 spiro atoms. The second-order valence-corrected chi connectivity index (χ2v) is 2.04. The van der Waals surface area contributed by atoms with Crippen molar-refractivity contribution in [3.63, 3.8) is 0 Å². The van der Waals surface area contributed by atoms with Gasteiger partial charge in [-0.05, 0) is 12.5 Å². The Kier molecular flexibility index (Phi) is 3.37. The maximum atomic E-state index is 7.24. The minimum Gasteiger partial charge on any atom is -0.697 e. The molecule has 2 nitrogen and oxygen atoms in total. The molecule has 0 heterocycles. The summed E-state index contributed by atoms with van der Waals surface area (Å²) in [4.78, 5) is 0. The fraction of sp³-hybridized carbons (Fsp3) is 0.143. The molecule has 0 bridgehead atoms. The molecule has 0 amide bonds. The van der Waals surface area contributed by atoms with E-state index in [1.807, 2.05) is 19.1 Å². The average molecular weight is 224 g/mol. The quantitative estimate of drug-likeness (QED) is 0.533. The molecule has 1 rings (SSSR count).